The molecular weight excluding hydrogens is 486 g/mol. The third kappa shape index (κ3) is 4.98. The van der Waals surface area contributed by atoms with E-state index in [9.17, 15) is 19.8 Å². The number of anilines is 1. The zero-order valence-electron chi connectivity index (χ0n) is 22.8. The van der Waals surface area contributed by atoms with Crippen molar-refractivity contribution in [1.29, 1.82) is 0 Å². The molecule has 5 atom stereocenters. The number of piperidine rings is 1. The molecule has 0 spiro atoms. The Morgan fingerprint density at radius 3 is 2.49 bits per heavy atom. The molecule has 3 fully saturated rings. The molecule has 206 valence electrons. The fourth-order valence-corrected chi connectivity index (χ4v) is 8.90. The van der Waals surface area contributed by atoms with Crippen LogP contribution in [0.1, 0.15) is 101 Å². The molecule has 2 saturated carbocycles. The second-order valence-corrected chi connectivity index (χ2v) is 14.0. The molecule has 1 saturated heterocycles. The van der Waals surface area contributed by atoms with E-state index in [0.717, 1.165) is 68.6 Å². The van der Waals surface area contributed by atoms with Gasteiger partial charge in [0.05, 0.1) is 18.4 Å². The fourth-order valence-electron chi connectivity index (χ4n) is 7.83. The monoisotopic (exact) mass is 531 g/mol. The number of carbonyl (C=O) groups excluding carboxylic acids is 2. The number of amides is 2. The molecule has 1 aromatic rings. The summed E-state index contributed by atoms with van der Waals surface area (Å²) < 4.78 is 0. The first kappa shape index (κ1) is 27.1. The standard InChI is InChI=1S/C29H45N3O4S/c1-18-10-13-32(14-11-18)24(35)15-20-25-21(16-22-28(20,2)12-9-23(34)29(22,3)17-33)37-27(30-25)31-26(36)19-7-5-4-6-8-19/h18-20,22-23,33-34H,4-17H2,1-3H3,(H,30,31,36). The zero-order chi connectivity index (χ0) is 26.4. The van der Waals surface area contributed by atoms with Crippen LogP contribution in [0.15, 0.2) is 0 Å². The Labute approximate surface area is 225 Å². The molecule has 5 unspecified atom stereocenters. The number of nitrogens with one attached hydrogen (secondary N) is 1. The molecular formula is C29H45N3O4S. The number of aliphatic hydroxyl groups is 2. The van der Waals surface area contributed by atoms with E-state index in [0.29, 0.717) is 30.3 Å². The number of aliphatic hydroxyl groups excluding tert-OH is 2. The lowest BCUT2D eigenvalue weighted by Crippen LogP contribution is -2.57. The number of likely N-dealkylation sites (tertiary alicyclic amines) is 1. The van der Waals surface area contributed by atoms with Crippen LogP contribution in [-0.4, -0.2) is 57.7 Å². The predicted octanol–water partition coefficient (Wildman–Crippen LogP) is 4.73. The van der Waals surface area contributed by atoms with Crippen molar-refractivity contribution in [1.82, 2.24) is 9.88 Å². The van der Waals surface area contributed by atoms with Gasteiger partial charge in [-0.1, -0.05) is 40.0 Å². The Morgan fingerprint density at radius 2 is 1.81 bits per heavy atom. The Hall–Kier alpha value is -1.51. The minimum Gasteiger partial charge on any atom is -0.396 e. The molecule has 1 aromatic heterocycles. The van der Waals surface area contributed by atoms with Crippen LogP contribution >= 0.6 is 11.3 Å². The number of nitrogens with zero attached hydrogens (tertiary/aromatic N) is 2. The van der Waals surface area contributed by atoms with Gasteiger partial charge in [0.15, 0.2) is 5.13 Å². The van der Waals surface area contributed by atoms with Crippen molar-refractivity contribution in [2.24, 2.45) is 28.6 Å². The molecule has 37 heavy (non-hydrogen) atoms. The normalized spacial score (nSPS) is 35.1. The van der Waals surface area contributed by atoms with E-state index in [-0.39, 0.29) is 41.6 Å². The van der Waals surface area contributed by atoms with E-state index in [1.54, 1.807) is 0 Å². The lowest BCUT2D eigenvalue weighted by Gasteiger charge is -2.58. The molecule has 5 rings (SSSR count). The summed E-state index contributed by atoms with van der Waals surface area (Å²) in [6.45, 7) is 8.04. The van der Waals surface area contributed by atoms with Gasteiger partial charge in [-0.25, -0.2) is 4.98 Å². The average molecular weight is 532 g/mol. The molecule has 3 N–H and O–H groups in total. The minimum absolute atomic E-state index is 0.0303. The molecule has 4 aliphatic rings. The summed E-state index contributed by atoms with van der Waals surface area (Å²) >= 11 is 1.53. The highest BCUT2D eigenvalue weighted by Crippen LogP contribution is 2.63. The summed E-state index contributed by atoms with van der Waals surface area (Å²) in [5.74, 6) is 0.904. The van der Waals surface area contributed by atoms with Crippen molar-refractivity contribution in [3.05, 3.63) is 10.6 Å². The smallest absolute Gasteiger partial charge is 0.229 e. The third-order valence-electron chi connectivity index (χ3n) is 10.6. The summed E-state index contributed by atoms with van der Waals surface area (Å²) in [6.07, 6.45) is 9.33. The van der Waals surface area contributed by atoms with E-state index in [1.807, 2.05) is 11.8 Å². The van der Waals surface area contributed by atoms with Crippen molar-refractivity contribution >= 4 is 28.3 Å². The predicted molar refractivity (Wildman–Crippen MR) is 145 cm³/mol. The first-order valence-electron chi connectivity index (χ1n) is 14.5. The van der Waals surface area contributed by atoms with Crippen molar-refractivity contribution in [3.8, 4) is 0 Å². The minimum atomic E-state index is -0.637. The van der Waals surface area contributed by atoms with Crippen LogP contribution in [0.4, 0.5) is 5.13 Å². The van der Waals surface area contributed by atoms with Gasteiger partial charge in [0.25, 0.3) is 0 Å². The van der Waals surface area contributed by atoms with Gasteiger partial charge >= 0.3 is 0 Å². The first-order chi connectivity index (χ1) is 17.7. The number of hydrogen-bond acceptors (Lipinski definition) is 6. The van der Waals surface area contributed by atoms with Gasteiger partial charge in [-0.3, -0.25) is 9.59 Å². The van der Waals surface area contributed by atoms with Crippen LogP contribution in [0.5, 0.6) is 0 Å². The number of fused-ring (bicyclic) bond motifs is 2. The van der Waals surface area contributed by atoms with Crippen molar-refractivity contribution < 1.29 is 19.8 Å². The van der Waals surface area contributed by atoms with Gasteiger partial charge < -0.3 is 20.4 Å². The van der Waals surface area contributed by atoms with Gasteiger partial charge in [0.1, 0.15) is 0 Å². The number of carbonyl (C=O) groups is 2. The molecule has 3 aliphatic carbocycles. The van der Waals surface area contributed by atoms with Gasteiger partial charge in [-0.05, 0) is 62.2 Å². The van der Waals surface area contributed by atoms with E-state index in [4.69, 9.17) is 4.98 Å². The van der Waals surface area contributed by atoms with E-state index < -0.39 is 11.5 Å². The molecule has 8 heteroatoms. The maximum Gasteiger partial charge on any atom is 0.229 e. The Morgan fingerprint density at radius 1 is 1.11 bits per heavy atom. The molecule has 2 amide bonds. The number of hydrogen-bond donors (Lipinski definition) is 3. The fraction of sp³-hybridized carbons (Fsp3) is 0.828. The lowest BCUT2D eigenvalue weighted by atomic mass is 9.47. The zero-order valence-corrected chi connectivity index (χ0v) is 23.6. The summed E-state index contributed by atoms with van der Waals surface area (Å²) in [6, 6.07) is 0. The first-order valence-corrected chi connectivity index (χ1v) is 15.3. The highest BCUT2D eigenvalue weighted by molar-refractivity contribution is 7.15. The Bertz CT molecular complexity index is 999. The summed E-state index contributed by atoms with van der Waals surface area (Å²) in [5, 5.41) is 25.2. The second-order valence-electron chi connectivity index (χ2n) is 13.0. The summed E-state index contributed by atoms with van der Waals surface area (Å²) in [7, 11) is 0. The van der Waals surface area contributed by atoms with Crippen LogP contribution < -0.4 is 5.32 Å². The van der Waals surface area contributed by atoms with Crippen molar-refractivity contribution in [2.75, 3.05) is 25.0 Å². The van der Waals surface area contributed by atoms with Crippen LogP contribution in [0.25, 0.3) is 0 Å². The topological polar surface area (TPSA) is 103 Å². The van der Waals surface area contributed by atoms with E-state index in [1.165, 1.54) is 17.8 Å². The largest absolute Gasteiger partial charge is 0.396 e. The number of aromatic nitrogens is 1. The average Bonchev–Trinajstić information content (AvgIpc) is 3.30. The van der Waals surface area contributed by atoms with E-state index >= 15 is 0 Å². The van der Waals surface area contributed by atoms with Crippen molar-refractivity contribution in [3.63, 3.8) is 0 Å². The molecule has 0 radical (unpaired) electrons. The highest BCUT2D eigenvalue weighted by atomic mass is 32.1. The van der Waals surface area contributed by atoms with Gasteiger partial charge in [0, 0.05) is 41.6 Å². The molecule has 2 heterocycles. The number of thiazole rings is 1. The molecule has 1 aliphatic heterocycles. The van der Waals surface area contributed by atoms with Crippen LogP contribution in [-0.2, 0) is 16.0 Å². The van der Waals surface area contributed by atoms with Gasteiger partial charge in [-0.15, -0.1) is 11.3 Å². The van der Waals surface area contributed by atoms with Crippen molar-refractivity contribution in [2.45, 2.75) is 103 Å². The maximum atomic E-state index is 13.6. The van der Waals surface area contributed by atoms with Gasteiger partial charge in [0.2, 0.25) is 11.8 Å². The second kappa shape index (κ2) is 10.6. The SMILES string of the molecule is CC1CCN(C(=O)CC2c3nc(NC(=O)C4CCCCC4)sc3CC3C(C)(CO)C(O)CCC23C)CC1. The van der Waals surface area contributed by atoms with E-state index in [2.05, 4.69) is 19.2 Å². The summed E-state index contributed by atoms with van der Waals surface area (Å²) in [5.41, 5.74) is 0.0570. The van der Waals surface area contributed by atoms with Gasteiger partial charge in [-0.2, -0.15) is 0 Å². The van der Waals surface area contributed by atoms with Crippen LogP contribution in [0.2, 0.25) is 0 Å². The molecule has 0 bridgehead atoms. The maximum absolute atomic E-state index is 13.6. The Kier molecular flexibility index (Phi) is 7.74. The number of rotatable bonds is 5. The molecule has 0 aromatic carbocycles. The van der Waals surface area contributed by atoms with Crippen LogP contribution in [0, 0.1) is 28.6 Å². The highest BCUT2D eigenvalue weighted by Gasteiger charge is 2.59. The quantitative estimate of drug-likeness (QED) is 0.510. The van der Waals surface area contributed by atoms with Crippen LogP contribution in [0.3, 0.4) is 0 Å². The lowest BCUT2D eigenvalue weighted by molar-refractivity contribution is -0.147. The summed E-state index contributed by atoms with van der Waals surface area (Å²) in [4.78, 5) is 34.7. The molecule has 7 nitrogen and oxygen atoms in total. The Balaban J connectivity index is 1.45. The third-order valence-corrected chi connectivity index (χ3v) is 11.6.